The van der Waals surface area contributed by atoms with Gasteiger partial charge in [0.15, 0.2) is 0 Å². The Morgan fingerprint density at radius 2 is 1.80 bits per heavy atom. The van der Waals surface area contributed by atoms with Gasteiger partial charge in [-0.3, -0.25) is 0 Å². The van der Waals surface area contributed by atoms with Crippen molar-refractivity contribution >= 4 is 0 Å². The smallest absolute Gasteiger partial charge is 0.130 e. The molecule has 3 saturated carbocycles. The van der Waals surface area contributed by atoms with Gasteiger partial charge >= 0.3 is 0 Å². The van der Waals surface area contributed by atoms with Crippen molar-refractivity contribution in [3.8, 4) is 0 Å². The topological polar surface area (TPSA) is 38.7 Å². The van der Waals surface area contributed by atoms with Crippen LogP contribution in [0.15, 0.2) is 24.3 Å². The summed E-state index contributed by atoms with van der Waals surface area (Å²) in [4.78, 5) is 12.7. The molecule has 0 radical (unpaired) electrons. The molecule has 2 spiro atoms. The minimum absolute atomic E-state index is 0.0709. The Bertz CT molecular complexity index is 742. The van der Waals surface area contributed by atoms with Crippen LogP contribution in [-0.4, -0.2) is 22.4 Å². The van der Waals surface area contributed by atoms with Crippen LogP contribution in [0.1, 0.15) is 86.0 Å². The van der Waals surface area contributed by atoms with Gasteiger partial charge in [0.25, 0.3) is 0 Å². The lowest BCUT2D eigenvalue weighted by atomic mass is 9.43. The zero-order valence-corrected chi connectivity index (χ0v) is 19.7. The van der Waals surface area contributed by atoms with E-state index in [9.17, 15) is 5.11 Å². The summed E-state index contributed by atoms with van der Waals surface area (Å²) in [6, 6.07) is 0. The lowest BCUT2D eigenvalue weighted by Gasteiger charge is -2.69. The van der Waals surface area contributed by atoms with Crippen molar-refractivity contribution in [1.29, 1.82) is 0 Å². The van der Waals surface area contributed by atoms with Gasteiger partial charge in [-0.15, -0.1) is 0 Å². The first-order valence-corrected chi connectivity index (χ1v) is 12.6. The average Bonchev–Trinajstić information content (AvgIpc) is 3.05. The summed E-state index contributed by atoms with van der Waals surface area (Å²) < 4.78 is 0. The predicted molar refractivity (Wildman–Crippen MR) is 120 cm³/mol. The van der Waals surface area contributed by atoms with E-state index in [0.717, 1.165) is 18.8 Å². The van der Waals surface area contributed by atoms with Crippen LogP contribution >= 0.6 is 0 Å². The summed E-state index contributed by atoms with van der Waals surface area (Å²) in [6.45, 7) is 12.0. The van der Waals surface area contributed by atoms with Gasteiger partial charge in [0, 0.05) is 23.7 Å². The van der Waals surface area contributed by atoms with Gasteiger partial charge in [0.05, 0.1) is 6.10 Å². The minimum atomic E-state index is -0.435. The van der Waals surface area contributed by atoms with Gasteiger partial charge in [0.1, 0.15) is 11.2 Å². The standard InChI is InChI=1S/C27H42O3/c1-18(2)7-6-8-19(3)21-9-10-22-24(21,4)13-12-23-25(5)14-11-20(28)17-26(25)15-16-27(22,23)30-29-26/h6,8,15-16,18-23,28H,7,9-14,17H2,1-5H3/b8-6+/t19-,20+,21-,22-,23-,24-,25-,26-,27+/m1/s1. The minimum Gasteiger partial charge on any atom is -0.393 e. The fourth-order valence-corrected chi connectivity index (χ4v) is 8.70. The third-order valence-electron chi connectivity index (χ3n) is 10.4. The van der Waals surface area contributed by atoms with Gasteiger partial charge in [-0.05, 0) is 74.2 Å². The Labute approximate surface area is 183 Å². The maximum absolute atomic E-state index is 10.4. The molecular weight excluding hydrogens is 372 g/mol. The van der Waals surface area contributed by atoms with Crippen molar-refractivity contribution in [2.75, 3.05) is 0 Å². The summed E-state index contributed by atoms with van der Waals surface area (Å²) in [6.07, 6.45) is 18.1. The summed E-state index contributed by atoms with van der Waals surface area (Å²) in [5, 5.41) is 10.4. The second kappa shape index (κ2) is 6.93. The van der Waals surface area contributed by atoms with Crippen molar-refractivity contribution < 1.29 is 14.9 Å². The molecule has 1 saturated heterocycles. The zero-order valence-electron chi connectivity index (χ0n) is 19.7. The summed E-state index contributed by atoms with van der Waals surface area (Å²) >= 11 is 0. The highest BCUT2D eigenvalue weighted by atomic mass is 17.2. The van der Waals surface area contributed by atoms with Crippen LogP contribution in [0, 0.1) is 40.4 Å². The first kappa shape index (κ1) is 21.2. The molecule has 9 atom stereocenters. The lowest BCUT2D eigenvalue weighted by molar-refractivity contribution is -0.497. The molecule has 0 amide bonds. The molecule has 6 rings (SSSR count). The fourth-order valence-electron chi connectivity index (χ4n) is 8.70. The normalized spacial score (nSPS) is 53.0. The Morgan fingerprint density at radius 3 is 2.50 bits per heavy atom. The third kappa shape index (κ3) is 2.67. The molecule has 0 aromatic rings. The largest absolute Gasteiger partial charge is 0.393 e. The molecule has 30 heavy (non-hydrogen) atoms. The van der Waals surface area contributed by atoms with Gasteiger partial charge < -0.3 is 5.11 Å². The van der Waals surface area contributed by atoms with E-state index in [2.05, 4.69) is 58.9 Å². The number of hydrogen-bond donors (Lipinski definition) is 1. The molecule has 4 fully saturated rings. The van der Waals surface area contributed by atoms with E-state index in [1.54, 1.807) is 0 Å². The highest BCUT2D eigenvalue weighted by molar-refractivity contribution is 5.33. The Kier molecular flexibility index (Phi) is 4.90. The molecule has 6 aliphatic rings. The first-order valence-electron chi connectivity index (χ1n) is 12.6. The van der Waals surface area contributed by atoms with Gasteiger partial charge in [-0.25, -0.2) is 9.78 Å². The lowest BCUT2D eigenvalue weighted by Crippen LogP contribution is -2.73. The number of hydrogen-bond acceptors (Lipinski definition) is 3. The molecule has 2 bridgehead atoms. The molecule has 4 aliphatic carbocycles. The van der Waals surface area contributed by atoms with Crippen molar-refractivity contribution in [3.63, 3.8) is 0 Å². The van der Waals surface area contributed by atoms with Crippen molar-refractivity contribution in [2.24, 2.45) is 40.4 Å². The molecule has 0 unspecified atom stereocenters. The summed E-state index contributed by atoms with van der Waals surface area (Å²) in [5.41, 5.74) is -0.341. The Balaban J connectivity index is 1.46. The van der Waals surface area contributed by atoms with E-state index in [0.29, 0.717) is 35.5 Å². The molecule has 3 heteroatoms. The molecule has 2 aliphatic heterocycles. The van der Waals surface area contributed by atoms with Crippen molar-refractivity contribution in [3.05, 3.63) is 24.3 Å². The molecule has 1 N–H and O–H groups in total. The van der Waals surface area contributed by atoms with Crippen LogP contribution in [0.4, 0.5) is 0 Å². The molecule has 3 nitrogen and oxygen atoms in total. The van der Waals surface area contributed by atoms with Crippen LogP contribution in [0.2, 0.25) is 0 Å². The van der Waals surface area contributed by atoms with E-state index in [-0.39, 0.29) is 17.1 Å². The summed E-state index contributed by atoms with van der Waals surface area (Å²) in [7, 11) is 0. The van der Waals surface area contributed by atoms with Gasteiger partial charge in [0.2, 0.25) is 0 Å². The zero-order chi connectivity index (χ0) is 21.4. The van der Waals surface area contributed by atoms with Gasteiger partial charge in [-0.1, -0.05) is 52.8 Å². The third-order valence-corrected chi connectivity index (χ3v) is 10.4. The first-order chi connectivity index (χ1) is 14.2. The Morgan fingerprint density at radius 1 is 1.00 bits per heavy atom. The number of aliphatic hydroxyl groups excluding tert-OH is 1. The van der Waals surface area contributed by atoms with E-state index >= 15 is 0 Å². The molecule has 0 aromatic heterocycles. The van der Waals surface area contributed by atoms with Crippen LogP contribution in [0.5, 0.6) is 0 Å². The summed E-state index contributed by atoms with van der Waals surface area (Å²) in [5.74, 6) is 3.08. The van der Waals surface area contributed by atoms with E-state index in [4.69, 9.17) is 9.78 Å². The fraction of sp³-hybridized carbons (Fsp3) is 0.852. The van der Waals surface area contributed by atoms with Crippen LogP contribution in [-0.2, 0) is 9.78 Å². The van der Waals surface area contributed by atoms with Gasteiger partial charge in [-0.2, -0.15) is 0 Å². The van der Waals surface area contributed by atoms with Crippen LogP contribution in [0.25, 0.3) is 0 Å². The van der Waals surface area contributed by atoms with Crippen LogP contribution < -0.4 is 0 Å². The highest BCUT2D eigenvalue weighted by Gasteiger charge is 2.74. The number of allylic oxidation sites excluding steroid dienone is 2. The second-order valence-corrected chi connectivity index (χ2v) is 12.3. The second-order valence-electron chi connectivity index (χ2n) is 12.3. The average molecular weight is 415 g/mol. The number of fused-ring (bicyclic) bond motifs is 2. The Hall–Kier alpha value is -0.640. The van der Waals surface area contributed by atoms with Crippen molar-refractivity contribution in [1.82, 2.24) is 0 Å². The van der Waals surface area contributed by atoms with Crippen LogP contribution in [0.3, 0.4) is 0 Å². The molecule has 2 heterocycles. The number of rotatable bonds is 4. The van der Waals surface area contributed by atoms with E-state index in [1.165, 1.54) is 32.1 Å². The number of aliphatic hydroxyl groups is 1. The predicted octanol–water partition coefficient (Wildman–Crippen LogP) is 6.23. The highest BCUT2D eigenvalue weighted by Crippen LogP contribution is 2.72. The maximum Gasteiger partial charge on any atom is 0.130 e. The maximum atomic E-state index is 10.4. The molecule has 0 aromatic carbocycles. The quantitative estimate of drug-likeness (QED) is 0.438. The van der Waals surface area contributed by atoms with E-state index < -0.39 is 5.60 Å². The SMILES string of the molecule is CC(C)C/C=C/[C@@H](C)[C@H]1CC[C@@H]2[C@]1(C)CC[C@H]1[C@]23C=C[C@]2(C[C@@H](O)CC[C@]12C)OO3. The molecule has 168 valence electrons. The monoisotopic (exact) mass is 414 g/mol. The van der Waals surface area contributed by atoms with Crippen molar-refractivity contribution in [2.45, 2.75) is 103 Å². The van der Waals surface area contributed by atoms with E-state index in [1.807, 2.05) is 0 Å². The molecular formula is C27H42O3.